The number of carbonyl (C=O) groups is 1. The molecular formula is C17H26N2O. The van der Waals surface area contributed by atoms with Crippen molar-refractivity contribution in [1.29, 1.82) is 0 Å². The molecule has 0 aliphatic carbocycles. The number of hydrogen-bond acceptors (Lipinski definition) is 2. The predicted octanol–water partition coefficient (Wildman–Crippen LogP) is 3.51. The Morgan fingerprint density at radius 1 is 1.15 bits per heavy atom. The van der Waals surface area contributed by atoms with Crippen molar-refractivity contribution in [1.82, 2.24) is 4.90 Å². The van der Waals surface area contributed by atoms with Gasteiger partial charge in [0.1, 0.15) is 0 Å². The molecule has 0 saturated heterocycles. The molecule has 0 bridgehead atoms. The van der Waals surface area contributed by atoms with Gasteiger partial charge in [-0.15, -0.1) is 0 Å². The number of likely N-dealkylation sites (N-methyl/N-ethyl adjacent to an activating group) is 1. The van der Waals surface area contributed by atoms with E-state index < -0.39 is 0 Å². The number of para-hydroxylation sites is 1. The first-order valence-electron chi connectivity index (χ1n) is 7.19. The highest BCUT2D eigenvalue weighted by atomic mass is 16.2. The molecule has 3 heteroatoms. The maximum Gasteiger partial charge on any atom is 0.245 e. The molecule has 3 nitrogen and oxygen atoms in total. The maximum atomic E-state index is 12.6. The van der Waals surface area contributed by atoms with Gasteiger partial charge < -0.3 is 0 Å². The quantitative estimate of drug-likeness (QED) is 0.792. The molecule has 20 heavy (non-hydrogen) atoms. The molecule has 0 saturated carbocycles. The Morgan fingerprint density at radius 2 is 1.65 bits per heavy atom. The molecule has 0 fully saturated rings. The summed E-state index contributed by atoms with van der Waals surface area (Å²) in [5.74, 6) is 0.0820. The molecule has 0 aromatic heterocycles. The number of benzene rings is 1. The first-order valence-corrected chi connectivity index (χ1v) is 7.19. The summed E-state index contributed by atoms with van der Waals surface area (Å²) in [6.45, 7) is 16.2. The van der Waals surface area contributed by atoms with Gasteiger partial charge in [0.25, 0.3) is 0 Å². The number of hydrogen-bond donors (Lipinski definition) is 0. The summed E-state index contributed by atoms with van der Waals surface area (Å²) in [6.07, 6.45) is 0. The van der Waals surface area contributed by atoms with Crippen LogP contribution in [0.5, 0.6) is 0 Å². The van der Waals surface area contributed by atoms with Crippen molar-refractivity contribution < 1.29 is 4.79 Å². The molecule has 1 rings (SSSR count). The maximum absolute atomic E-state index is 12.6. The largest absolute Gasteiger partial charge is 0.295 e. The van der Waals surface area contributed by atoms with E-state index in [9.17, 15) is 4.79 Å². The van der Waals surface area contributed by atoms with Gasteiger partial charge in [0, 0.05) is 5.70 Å². The van der Waals surface area contributed by atoms with Crippen molar-refractivity contribution in [3.63, 3.8) is 0 Å². The minimum Gasteiger partial charge on any atom is -0.295 e. The Balaban J connectivity index is 3.12. The lowest BCUT2D eigenvalue weighted by molar-refractivity contribution is -0.119. The molecule has 0 spiro atoms. The van der Waals surface area contributed by atoms with E-state index in [1.54, 1.807) is 4.90 Å². The van der Waals surface area contributed by atoms with Crippen LogP contribution in [0.2, 0.25) is 0 Å². The minimum atomic E-state index is 0.0820. The van der Waals surface area contributed by atoms with Crippen molar-refractivity contribution >= 4 is 11.6 Å². The molecule has 0 heterocycles. The van der Waals surface area contributed by atoms with Gasteiger partial charge in [-0.2, -0.15) is 0 Å². The van der Waals surface area contributed by atoms with Gasteiger partial charge in [-0.25, -0.2) is 0 Å². The Morgan fingerprint density at radius 3 is 2.05 bits per heavy atom. The van der Waals surface area contributed by atoms with Gasteiger partial charge >= 0.3 is 0 Å². The number of allylic oxidation sites excluding steroid dienone is 1. The zero-order valence-corrected chi connectivity index (χ0v) is 13.4. The van der Waals surface area contributed by atoms with Gasteiger partial charge in [0.05, 0.1) is 12.2 Å². The minimum absolute atomic E-state index is 0.0820. The molecule has 0 aliphatic heterocycles. The van der Waals surface area contributed by atoms with Crippen LogP contribution in [0.4, 0.5) is 5.69 Å². The lowest BCUT2D eigenvalue weighted by Crippen LogP contribution is -2.40. The average Bonchev–Trinajstić information content (AvgIpc) is 2.39. The van der Waals surface area contributed by atoms with Crippen LogP contribution >= 0.6 is 0 Å². The van der Waals surface area contributed by atoms with Gasteiger partial charge in [-0.3, -0.25) is 14.6 Å². The number of aryl methyl sites for hydroxylation is 2. The lowest BCUT2D eigenvalue weighted by Gasteiger charge is -2.29. The second-order valence-electron chi connectivity index (χ2n) is 5.17. The zero-order valence-electron chi connectivity index (χ0n) is 13.4. The third kappa shape index (κ3) is 3.70. The van der Waals surface area contributed by atoms with Crippen molar-refractivity contribution in [3.8, 4) is 0 Å². The Hall–Kier alpha value is -1.61. The smallest absolute Gasteiger partial charge is 0.245 e. The zero-order chi connectivity index (χ0) is 15.3. The summed E-state index contributed by atoms with van der Waals surface area (Å²) in [6, 6.07) is 6.07. The van der Waals surface area contributed by atoms with Crippen LogP contribution < -0.4 is 4.90 Å². The molecule has 110 valence electrons. The summed E-state index contributed by atoms with van der Waals surface area (Å²) in [5.41, 5.74) is 3.93. The van der Waals surface area contributed by atoms with Gasteiger partial charge in [0.15, 0.2) is 0 Å². The fraction of sp³-hybridized carbons (Fsp3) is 0.471. The van der Waals surface area contributed by atoms with Gasteiger partial charge in [0.2, 0.25) is 5.91 Å². The summed E-state index contributed by atoms with van der Waals surface area (Å²) in [5, 5.41) is 0. The molecule has 0 atom stereocenters. The van der Waals surface area contributed by atoms with Crippen LogP contribution in [-0.2, 0) is 4.79 Å². The fourth-order valence-electron chi connectivity index (χ4n) is 2.40. The highest BCUT2D eigenvalue weighted by Crippen LogP contribution is 2.27. The van der Waals surface area contributed by atoms with Gasteiger partial charge in [-0.05, 0) is 45.0 Å². The second kappa shape index (κ2) is 7.25. The van der Waals surface area contributed by atoms with Crippen molar-refractivity contribution in [2.24, 2.45) is 0 Å². The summed E-state index contributed by atoms with van der Waals surface area (Å²) in [7, 11) is 0. The van der Waals surface area contributed by atoms with Crippen LogP contribution in [0, 0.1) is 13.8 Å². The Kier molecular flexibility index (Phi) is 5.96. The van der Waals surface area contributed by atoms with E-state index in [2.05, 4.69) is 25.3 Å². The molecular weight excluding hydrogens is 248 g/mol. The van der Waals surface area contributed by atoms with Crippen molar-refractivity contribution in [2.45, 2.75) is 34.6 Å². The summed E-state index contributed by atoms with van der Waals surface area (Å²) >= 11 is 0. The monoisotopic (exact) mass is 274 g/mol. The van der Waals surface area contributed by atoms with Gasteiger partial charge in [-0.1, -0.05) is 38.6 Å². The Bertz CT molecular complexity index is 470. The lowest BCUT2D eigenvalue weighted by atomic mass is 10.1. The van der Waals surface area contributed by atoms with E-state index in [1.807, 2.05) is 39.0 Å². The number of nitrogens with zero attached hydrogens (tertiary/aromatic N) is 2. The number of amides is 1. The summed E-state index contributed by atoms with van der Waals surface area (Å²) < 4.78 is 0. The molecule has 1 aromatic rings. The topological polar surface area (TPSA) is 23.6 Å². The molecule has 0 radical (unpaired) electrons. The van der Waals surface area contributed by atoms with E-state index in [0.29, 0.717) is 6.54 Å². The average molecular weight is 274 g/mol. The van der Waals surface area contributed by atoms with Crippen LogP contribution in [0.15, 0.2) is 30.5 Å². The van der Waals surface area contributed by atoms with Crippen LogP contribution in [0.25, 0.3) is 0 Å². The first-order chi connectivity index (χ1) is 9.42. The molecule has 1 aromatic carbocycles. The standard InChI is InChI=1S/C17H26N2O/c1-7-18(8-2)12-16(20)19(13(3)4)17-14(5)10-9-11-15(17)6/h9-11H,3,7-8,12H2,1-2,4-6H3. The number of anilines is 1. The highest BCUT2D eigenvalue weighted by molar-refractivity contribution is 5.98. The normalized spacial score (nSPS) is 10.7. The summed E-state index contributed by atoms with van der Waals surface area (Å²) in [4.78, 5) is 16.5. The van der Waals surface area contributed by atoms with Crippen LogP contribution in [0.1, 0.15) is 31.9 Å². The van der Waals surface area contributed by atoms with Crippen molar-refractivity contribution in [3.05, 3.63) is 41.6 Å². The van der Waals surface area contributed by atoms with E-state index in [0.717, 1.165) is 35.6 Å². The van der Waals surface area contributed by atoms with E-state index >= 15 is 0 Å². The van der Waals surface area contributed by atoms with E-state index in [1.165, 1.54) is 0 Å². The highest BCUT2D eigenvalue weighted by Gasteiger charge is 2.21. The van der Waals surface area contributed by atoms with Crippen LogP contribution in [0.3, 0.4) is 0 Å². The first kappa shape index (κ1) is 16.4. The second-order valence-corrected chi connectivity index (χ2v) is 5.17. The fourth-order valence-corrected chi connectivity index (χ4v) is 2.40. The predicted molar refractivity (Wildman–Crippen MR) is 86.0 cm³/mol. The SMILES string of the molecule is C=C(C)N(C(=O)CN(CC)CC)c1c(C)cccc1C. The third-order valence-corrected chi connectivity index (χ3v) is 3.55. The number of carbonyl (C=O) groups excluding carboxylic acids is 1. The molecule has 0 unspecified atom stereocenters. The van der Waals surface area contributed by atoms with Crippen LogP contribution in [-0.4, -0.2) is 30.4 Å². The molecule has 0 aliphatic rings. The molecule has 1 amide bonds. The molecule has 0 N–H and O–H groups in total. The van der Waals surface area contributed by atoms with E-state index in [-0.39, 0.29) is 5.91 Å². The third-order valence-electron chi connectivity index (χ3n) is 3.55. The number of rotatable bonds is 6. The van der Waals surface area contributed by atoms with Crippen molar-refractivity contribution in [2.75, 3.05) is 24.5 Å². The van der Waals surface area contributed by atoms with E-state index in [4.69, 9.17) is 0 Å². The Labute approximate surface area is 122 Å².